The molecule has 0 aromatic rings. The molecule has 4 atom stereocenters. The van der Waals surface area contributed by atoms with E-state index in [9.17, 15) is 5.11 Å². The van der Waals surface area contributed by atoms with Crippen LogP contribution in [0.25, 0.3) is 0 Å². The second kappa shape index (κ2) is 4.42. The van der Waals surface area contributed by atoms with E-state index in [2.05, 4.69) is 6.92 Å². The molecule has 4 unspecified atom stereocenters. The molecule has 0 heterocycles. The Balaban J connectivity index is 2.06. The van der Waals surface area contributed by atoms with Crippen molar-refractivity contribution in [3.63, 3.8) is 0 Å². The minimum Gasteiger partial charge on any atom is -0.390 e. The lowest BCUT2D eigenvalue weighted by Gasteiger charge is -2.41. The van der Waals surface area contributed by atoms with Crippen LogP contribution in [-0.2, 0) is 0 Å². The smallest absolute Gasteiger partial charge is 0.0693 e. The maximum Gasteiger partial charge on any atom is 0.0693 e. The SMILES string of the molecule is CCC1CCCCC1C1(O)CCC(N)C1. The van der Waals surface area contributed by atoms with Gasteiger partial charge in [-0.05, 0) is 37.5 Å². The molecule has 2 rings (SSSR count). The molecule has 0 aromatic carbocycles. The zero-order chi connectivity index (χ0) is 10.9. The lowest BCUT2D eigenvalue weighted by atomic mass is 9.68. The van der Waals surface area contributed by atoms with Crippen LogP contribution in [0.15, 0.2) is 0 Å². The zero-order valence-electron chi connectivity index (χ0n) is 9.91. The summed E-state index contributed by atoms with van der Waals surface area (Å²) >= 11 is 0. The van der Waals surface area contributed by atoms with Crippen LogP contribution in [0, 0.1) is 11.8 Å². The van der Waals surface area contributed by atoms with E-state index in [1.807, 2.05) is 0 Å². The Bertz CT molecular complexity index is 219. The summed E-state index contributed by atoms with van der Waals surface area (Å²) in [4.78, 5) is 0. The Hall–Kier alpha value is -0.0800. The van der Waals surface area contributed by atoms with Gasteiger partial charge in [-0.3, -0.25) is 0 Å². The summed E-state index contributed by atoms with van der Waals surface area (Å²) in [6.45, 7) is 2.27. The van der Waals surface area contributed by atoms with Crippen LogP contribution < -0.4 is 5.73 Å². The van der Waals surface area contributed by atoms with Crippen molar-refractivity contribution in [2.24, 2.45) is 17.6 Å². The highest BCUT2D eigenvalue weighted by Gasteiger charge is 2.45. The number of rotatable bonds is 2. The molecule has 3 N–H and O–H groups in total. The van der Waals surface area contributed by atoms with Crippen molar-refractivity contribution in [2.45, 2.75) is 69.9 Å². The van der Waals surface area contributed by atoms with Crippen LogP contribution in [0.4, 0.5) is 0 Å². The van der Waals surface area contributed by atoms with Crippen molar-refractivity contribution in [2.75, 3.05) is 0 Å². The quantitative estimate of drug-likeness (QED) is 0.737. The summed E-state index contributed by atoms with van der Waals surface area (Å²) in [5, 5.41) is 10.7. The van der Waals surface area contributed by atoms with Crippen LogP contribution in [0.1, 0.15) is 58.3 Å². The van der Waals surface area contributed by atoms with Gasteiger partial charge in [-0.1, -0.05) is 32.6 Å². The lowest BCUT2D eigenvalue weighted by Crippen LogP contribution is -2.42. The van der Waals surface area contributed by atoms with E-state index < -0.39 is 5.60 Å². The van der Waals surface area contributed by atoms with Gasteiger partial charge >= 0.3 is 0 Å². The van der Waals surface area contributed by atoms with E-state index in [0.717, 1.165) is 25.2 Å². The van der Waals surface area contributed by atoms with Crippen LogP contribution >= 0.6 is 0 Å². The van der Waals surface area contributed by atoms with Crippen molar-refractivity contribution >= 4 is 0 Å². The van der Waals surface area contributed by atoms with Crippen molar-refractivity contribution in [3.8, 4) is 0 Å². The third kappa shape index (κ3) is 2.21. The van der Waals surface area contributed by atoms with Crippen molar-refractivity contribution in [1.82, 2.24) is 0 Å². The van der Waals surface area contributed by atoms with E-state index in [1.165, 1.54) is 32.1 Å². The Morgan fingerprint density at radius 3 is 2.60 bits per heavy atom. The van der Waals surface area contributed by atoms with Crippen LogP contribution in [0.2, 0.25) is 0 Å². The molecule has 88 valence electrons. The minimum atomic E-state index is -0.416. The van der Waals surface area contributed by atoms with Crippen LogP contribution in [0.3, 0.4) is 0 Å². The van der Waals surface area contributed by atoms with Gasteiger partial charge in [0.1, 0.15) is 0 Å². The zero-order valence-corrected chi connectivity index (χ0v) is 9.91. The third-order valence-electron chi connectivity index (χ3n) is 4.69. The van der Waals surface area contributed by atoms with E-state index in [1.54, 1.807) is 0 Å². The summed E-state index contributed by atoms with van der Waals surface area (Å²) in [5.74, 6) is 1.28. The molecule has 2 aliphatic rings. The van der Waals surface area contributed by atoms with Gasteiger partial charge in [-0.2, -0.15) is 0 Å². The summed E-state index contributed by atoms with van der Waals surface area (Å²) in [7, 11) is 0. The predicted octanol–water partition coefficient (Wildman–Crippen LogP) is 2.45. The fourth-order valence-corrected chi connectivity index (χ4v) is 3.83. The highest BCUT2D eigenvalue weighted by Crippen LogP contribution is 2.46. The Kier molecular flexibility index (Phi) is 3.36. The predicted molar refractivity (Wildman–Crippen MR) is 62.5 cm³/mol. The molecular weight excluding hydrogens is 186 g/mol. The van der Waals surface area contributed by atoms with Gasteiger partial charge in [-0.15, -0.1) is 0 Å². The maximum atomic E-state index is 10.7. The lowest BCUT2D eigenvalue weighted by molar-refractivity contribution is -0.0535. The Labute approximate surface area is 93.2 Å². The molecule has 0 spiro atoms. The molecular formula is C13H25NO. The number of hydrogen-bond acceptors (Lipinski definition) is 2. The van der Waals surface area contributed by atoms with Crippen molar-refractivity contribution in [3.05, 3.63) is 0 Å². The molecule has 2 fully saturated rings. The first-order valence-corrected chi connectivity index (χ1v) is 6.63. The first kappa shape index (κ1) is 11.4. The second-order valence-corrected chi connectivity index (χ2v) is 5.67. The Morgan fingerprint density at radius 1 is 1.27 bits per heavy atom. The molecule has 15 heavy (non-hydrogen) atoms. The molecule has 2 saturated carbocycles. The van der Waals surface area contributed by atoms with Crippen LogP contribution in [0.5, 0.6) is 0 Å². The van der Waals surface area contributed by atoms with Gasteiger partial charge in [0.15, 0.2) is 0 Å². The summed E-state index contributed by atoms with van der Waals surface area (Å²) in [5.41, 5.74) is 5.53. The largest absolute Gasteiger partial charge is 0.390 e. The average Bonchev–Trinajstić information content (AvgIpc) is 2.60. The molecule has 0 aliphatic heterocycles. The third-order valence-corrected chi connectivity index (χ3v) is 4.69. The topological polar surface area (TPSA) is 46.2 Å². The highest BCUT2D eigenvalue weighted by molar-refractivity contribution is 4.98. The van der Waals surface area contributed by atoms with Crippen molar-refractivity contribution in [1.29, 1.82) is 0 Å². The maximum absolute atomic E-state index is 10.7. The molecule has 0 amide bonds. The first-order chi connectivity index (χ1) is 7.15. The molecule has 0 aromatic heterocycles. The molecule has 2 aliphatic carbocycles. The monoisotopic (exact) mass is 211 g/mol. The van der Waals surface area contributed by atoms with E-state index in [0.29, 0.717) is 5.92 Å². The van der Waals surface area contributed by atoms with Gasteiger partial charge in [-0.25, -0.2) is 0 Å². The average molecular weight is 211 g/mol. The van der Waals surface area contributed by atoms with E-state index in [4.69, 9.17) is 5.73 Å². The summed E-state index contributed by atoms with van der Waals surface area (Å²) in [6.07, 6.45) is 9.23. The fourth-order valence-electron chi connectivity index (χ4n) is 3.83. The number of aliphatic hydroxyl groups is 1. The van der Waals surface area contributed by atoms with Gasteiger partial charge in [0.25, 0.3) is 0 Å². The molecule has 0 saturated heterocycles. The fraction of sp³-hybridized carbons (Fsp3) is 1.00. The Morgan fingerprint density at radius 2 is 2.00 bits per heavy atom. The van der Waals surface area contributed by atoms with Crippen LogP contribution in [-0.4, -0.2) is 16.7 Å². The minimum absolute atomic E-state index is 0.245. The summed E-state index contributed by atoms with van der Waals surface area (Å²) < 4.78 is 0. The molecule has 0 radical (unpaired) electrons. The standard InChI is InChI=1S/C13H25NO/c1-2-10-5-3-4-6-12(10)13(15)8-7-11(14)9-13/h10-12,15H,2-9,14H2,1H3. The van der Waals surface area contributed by atoms with Gasteiger partial charge in [0.2, 0.25) is 0 Å². The number of hydrogen-bond donors (Lipinski definition) is 2. The van der Waals surface area contributed by atoms with Crippen molar-refractivity contribution < 1.29 is 5.11 Å². The highest BCUT2D eigenvalue weighted by atomic mass is 16.3. The summed E-state index contributed by atoms with van der Waals surface area (Å²) in [6, 6.07) is 0.245. The normalized spacial score (nSPS) is 47.0. The molecule has 2 heteroatoms. The van der Waals surface area contributed by atoms with E-state index in [-0.39, 0.29) is 6.04 Å². The second-order valence-electron chi connectivity index (χ2n) is 5.67. The van der Waals surface area contributed by atoms with Gasteiger partial charge in [0.05, 0.1) is 5.60 Å². The molecule has 0 bridgehead atoms. The van der Waals surface area contributed by atoms with Gasteiger partial charge < -0.3 is 10.8 Å². The van der Waals surface area contributed by atoms with E-state index >= 15 is 0 Å². The number of nitrogens with two attached hydrogens (primary N) is 1. The molecule has 2 nitrogen and oxygen atoms in total. The first-order valence-electron chi connectivity index (χ1n) is 6.63. The van der Waals surface area contributed by atoms with Gasteiger partial charge in [0, 0.05) is 6.04 Å².